The van der Waals surface area contributed by atoms with Crippen LogP contribution in [0.25, 0.3) is 0 Å². The van der Waals surface area contributed by atoms with Crippen LogP contribution in [0.3, 0.4) is 0 Å². The first-order valence-corrected chi connectivity index (χ1v) is 9.42. The summed E-state index contributed by atoms with van der Waals surface area (Å²) in [4.78, 5) is 38.9. The molecule has 6 heteroatoms. The fourth-order valence-electron chi connectivity index (χ4n) is 3.37. The Morgan fingerprint density at radius 1 is 1.04 bits per heavy atom. The highest BCUT2D eigenvalue weighted by molar-refractivity contribution is 6.24. The van der Waals surface area contributed by atoms with Gasteiger partial charge in [-0.05, 0) is 38.5 Å². The van der Waals surface area contributed by atoms with Crippen LogP contribution in [0.4, 0.5) is 0 Å². The normalized spacial score (nSPS) is 18.0. The first-order valence-electron chi connectivity index (χ1n) is 9.42. The lowest BCUT2D eigenvalue weighted by Crippen LogP contribution is -2.42. The Hall–Kier alpha value is -2.73. The molecule has 0 unspecified atom stereocenters. The number of amides is 1. The van der Waals surface area contributed by atoms with E-state index >= 15 is 0 Å². The Kier molecular flexibility index (Phi) is 6.09. The Morgan fingerprint density at radius 3 is 2.43 bits per heavy atom. The summed E-state index contributed by atoms with van der Waals surface area (Å²) in [7, 11) is 0. The van der Waals surface area contributed by atoms with Gasteiger partial charge in [0, 0.05) is 41.8 Å². The molecule has 1 amide bonds. The first-order chi connectivity index (χ1) is 13.4. The van der Waals surface area contributed by atoms with Crippen molar-refractivity contribution in [1.82, 2.24) is 4.90 Å². The van der Waals surface area contributed by atoms with Gasteiger partial charge in [0.2, 0.25) is 0 Å². The molecule has 0 radical (unpaired) electrons. The molecule has 28 heavy (non-hydrogen) atoms. The molecule has 1 aliphatic carbocycles. The quantitative estimate of drug-likeness (QED) is 0.730. The highest BCUT2D eigenvalue weighted by atomic mass is 16.5. The lowest BCUT2D eigenvalue weighted by molar-refractivity contribution is -0.137. The number of morpholine rings is 1. The molecule has 1 saturated heterocycles. The molecule has 1 heterocycles. The van der Waals surface area contributed by atoms with Gasteiger partial charge >= 0.3 is 0 Å². The second kappa shape index (κ2) is 8.52. The van der Waals surface area contributed by atoms with Crippen molar-refractivity contribution < 1.29 is 23.9 Å². The van der Waals surface area contributed by atoms with Crippen LogP contribution in [0.5, 0.6) is 5.75 Å². The predicted molar refractivity (Wildman–Crippen MR) is 104 cm³/mol. The first kappa shape index (κ1) is 20.0. The molecule has 2 aliphatic rings. The minimum absolute atomic E-state index is 0.0381. The van der Waals surface area contributed by atoms with Crippen molar-refractivity contribution in [3.8, 4) is 5.75 Å². The van der Waals surface area contributed by atoms with E-state index in [1.165, 1.54) is 0 Å². The summed E-state index contributed by atoms with van der Waals surface area (Å²) in [6.07, 6.45) is 0.357. The number of carbonyl (C=O) groups is 3. The van der Waals surface area contributed by atoms with Gasteiger partial charge in [-0.3, -0.25) is 14.4 Å². The molecule has 1 fully saturated rings. The van der Waals surface area contributed by atoms with E-state index in [9.17, 15) is 14.4 Å². The average Bonchev–Trinajstić information content (AvgIpc) is 2.73. The van der Waals surface area contributed by atoms with Crippen molar-refractivity contribution in [2.24, 2.45) is 0 Å². The Labute approximate surface area is 164 Å². The molecule has 1 aliphatic heterocycles. The topological polar surface area (TPSA) is 72.9 Å². The molecule has 3 rings (SSSR count). The van der Waals surface area contributed by atoms with E-state index in [1.54, 1.807) is 31.7 Å². The Balaban J connectivity index is 1.67. The largest absolute Gasteiger partial charge is 0.484 e. The fraction of sp³-hybridized carbons (Fsp3) is 0.409. The van der Waals surface area contributed by atoms with E-state index in [4.69, 9.17) is 9.47 Å². The number of allylic oxidation sites excluding steroid dienone is 4. The highest BCUT2D eigenvalue weighted by Gasteiger charge is 2.27. The van der Waals surface area contributed by atoms with Crippen LogP contribution >= 0.6 is 0 Å². The number of nitrogens with zero attached hydrogens (tertiary/aromatic N) is 1. The van der Waals surface area contributed by atoms with Gasteiger partial charge in [0.1, 0.15) is 5.75 Å². The maximum absolute atomic E-state index is 12.6. The summed E-state index contributed by atoms with van der Waals surface area (Å²) in [5, 5.41) is 0. The second-order valence-corrected chi connectivity index (χ2v) is 7.12. The fourth-order valence-corrected chi connectivity index (χ4v) is 3.37. The minimum atomic E-state index is -0.0802. The molecule has 0 spiro atoms. The van der Waals surface area contributed by atoms with Crippen molar-refractivity contribution in [2.45, 2.75) is 27.2 Å². The number of ketones is 2. The summed E-state index contributed by atoms with van der Waals surface area (Å²) in [6.45, 7) is 7.31. The third kappa shape index (κ3) is 4.22. The zero-order chi connectivity index (χ0) is 20.3. The van der Waals surface area contributed by atoms with Crippen LogP contribution in [0.1, 0.15) is 26.3 Å². The maximum Gasteiger partial charge on any atom is 0.260 e. The zero-order valence-electron chi connectivity index (χ0n) is 16.5. The number of rotatable bonds is 5. The summed E-state index contributed by atoms with van der Waals surface area (Å²) in [5.74, 6) is 0.339. The van der Waals surface area contributed by atoms with E-state index in [0.717, 1.165) is 5.56 Å². The van der Waals surface area contributed by atoms with Gasteiger partial charge in [0.15, 0.2) is 18.2 Å². The van der Waals surface area contributed by atoms with Crippen LogP contribution in [0.15, 0.2) is 46.6 Å². The molecule has 1 aromatic rings. The highest BCUT2D eigenvalue weighted by Crippen LogP contribution is 2.27. The number of hydrogen-bond donors (Lipinski definition) is 0. The molecule has 1 aromatic carbocycles. The van der Waals surface area contributed by atoms with Gasteiger partial charge in [-0.1, -0.05) is 12.1 Å². The monoisotopic (exact) mass is 383 g/mol. The third-order valence-electron chi connectivity index (χ3n) is 5.32. The second-order valence-electron chi connectivity index (χ2n) is 7.12. The van der Waals surface area contributed by atoms with Crippen molar-refractivity contribution in [3.63, 3.8) is 0 Å². The SMILES string of the molecule is CC1=C(C)C(=O)C(Cc2cccc(OCC(=O)N3CCOCC3)c2)=C(C)C1=O. The Bertz CT molecular complexity index is 875. The molecular formula is C22H25NO5. The third-order valence-corrected chi connectivity index (χ3v) is 5.32. The van der Waals surface area contributed by atoms with E-state index in [2.05, 4.69) is 0 Å². The van der Waals surface area contributed by atoms with Crippen LogP contribution in [0.2, 0.25) is 0 Å². The van der Waals surface area contributed by atoms with Gasteiger partial charge in [-0.15, -0.1) is 0 Å². The van der Waals surface area contributed by atoms with Gasteiger partial charge < -0.3 is 14.4 Å². The van der Waals surface area contributed by atoms with E-state index < -0.39 is 0 Å². The van der Waals surface area contributed by atoms with Crippen LogP contribution in [-0.2, 0) is 25.5 Å². The molecule has 0 atom stereocenters. The van der Waals surface area contributed by atoms with E-state index in [0.29, 0.717) is 60.8 Å². The van der Waals surface area contributed by atoms with Crippen molar-refractivity contribution in [3.05, 3.63) is 52.1 Å². The van der Waals surface area contributed by atoms with E-state index in [-0.39, 0.29) is 24.1 Å². The maximum atomic E-state index is 12.6. The number of benzene rings is 1. The summed E-state index contributed by atoms with van der Waals surface area (Å²) < 4.78 is 10.9. The predicted octanol–water partition coefficient (Wildman–Crippen LogP) is 2.27. The summed E-state index contributed by atoms with van der Waals surface area (Å²) in [6, 6.07) is 7.30. The molecule has 148 valence electrons. The minimum Gasteiger partial charge on any atom is -0.484 e. The molecule has 0 bridgehead atoms. The van der Waals surface area contributed by atoms with Crippen molar-refractivity contribution in [2.75, 3.05) is 32.9 Å². The molecule has 0 saturated carbocycles. The Morgan fingerprint density at radius 2 is 1.71 bits per heavy atom. The molecule has 0 N–H and O–H groups in total. The molecular weight excluding hydrogens is 358 g/mol. The van der Waals surface area contributed by atoms with Gasteiger partial charge in [-0.25, -0.2) is 0 Å². The standard InChI is InChI=1S/C22H25NO5/c1-14-15(2)22(26)19(16(3)21(14)25)12-17-5-4-6-18(11-17)28-13-20(24)23-7-9-27-10-8-23/h4-6,11H,7-10,12-13H2,1-3H3. The lowest BCUT2D eigenvalue weighted by Gasteiger charge is -2.26. The summed E-state index contributed by atoms with van der Waals surface area (Å²) in [5.41, 5.74) is 2.91. The number of carbonyl (C=O) groups excluding carboxylic acids is 3. The van der Waals surface area contributed by atoms with Crippen molar-refractivity contribution >= 4 is 17.5 Å². The molecule has 0 aromatic heterocycles. The van der Waals surface area contributed by atoms with Crippen molar-refractivity contribution in [1.29, 1.82) is 0 Å². The van der Waals surface area contributed by atoms with Gasteiger partial charge in [0.25, 0.3) is 5.91 Å². The smallest absolute Gasteiger partial charge is 0.260 e. The van der Waals surface area contributed by atoms with Gasteiger partial charge in [0.05, 0.1) is 13.2 Å². The van der Waals surface area contributed by atoms with Gasteiger partial charge in [-0.2, -0.15) is 0 Å². The zero-order valence-corrected chi connectivity index (χ0v) is 16.5. The lowest BCUT2D eigenvalue weighted by atomic mass is 9.83. The van der Waals surface area contributed by atoms with Crippen LogP contribution in [0, 0.1) is 0 Å². The number of ether oxygens (including phenoxy) is 2. The van der Waals surface area contributed by atoms with E-state index in [1.807, 2.05) is 18.2 Å². The number of hydrogen-bond acceptors (Lipinski definition) is 5. The van der Waals surface area contributed by atoms with Crippen LogP contribution < -0.4 is 4.74 Å². The average molecular weight is 383 g/mol. The molecule has 6 nitrogen and oxygen atoms in total. The number of Topliss-reactive ketones (excluding diaryl/α,β-unsaturated/α-hetero) is 2. The van der Waals surface area contributed by atoms with Crippen LogP contribution in [-0.4, -0.2) is 55.3 Å². The summed E-state index contributed by atoms with van der Waals surface area (Å²) >= 11 is 0.